The Bertz CT molecular complexity index is 875. The second-order valence-corrected chi connectivity index (χ2v) is 8.10. The summed E-state index contributed by atoms with van der Waals surface area (Å²) >= 11 is 0. The first-order valence-corrected chi connectivity index (χ1v) is 11.3. The number of nitrogens with one attached hydrogen (secondary N) is 1. The van der Waals surface area contributed by atoms with Crippen LogP contribution in [0.4, 0.5) is 5.69 Å². The first-order chi connectivity index (χ1) is 15.0. The number of ether oxygens (including phenoxy) is 1. The van der Waals surface area contributed by atoms with Crippen molar-refractivity contribution in [2.24, 2.45) is 12.0 Å². The van der Waals surface area contributed by atoms with E-state index in [1.807, 2.05) is 25.5 Å². The van der Waals surface area contributed by atoms with Crippen LogP contribution >= 0.6 is 24.0 Å². The summed E-state index contributed by atoms with van der Waals surface area (Å²) in [5.41, 5.74) is 3.98. The van der Waals surface area contributed by atoms with E-state index in [2.05, 4.69) is 57.4 Å². The van der Waals surface area contributed by atoms with Gasteiger partial charge in [-0.1, -0.05) is 12.1 Å². The number of piperazine rings is 1. The SMILES string of the molecule is CCOCCCNC(=NCc1nnc(C)n1C)N1CCN(c2cc(C)ccc2C)CC1.I. The van der Waals surface area contributed by atoms with Gasteiger partial charge in [0, 0.05) is 58.7 Å². The smallest absolute Gasteiger partial charge is 0.194 e. The molecule has 1 aliphatic rings. The number of nitrogens with zero attached hydrogens (tertiary/aromatic N) is 6. The molecule has 2 aromatic rings. The molecule has 0 bridgehead atoms. The van der Waals surface area contributed by atoms with Crippen molar-refractivity contribution in [2.75, 3.05) is 50.8 Å². The van der Waals surface area contributed by atoms with E-state index >= 15 is 0 Å². The normalized spacial score (nSPS) is 14.5. The third kappa shape index (κ3) is 7.06. The molecule has 1 saturated heterocycles. The fourth-order valence-corrected chi connectivity index (χ4v) is 3.74. The van der Waals surface area contributed by atoms with Gasteiger partial charge in [0.05, 0.1) is 0 Å². The second kappa shape index (κ2) is 13.0. The van der Waals surface area contributed by atoms with Gasteiger partial charge in [-0.2, -0.15) is 0 Å². The number of aromatic nitrogens is 3. The minimum Gasteiger partial charge on any atom is -0.382 e. The van der Waals surface area contributed by atoms with E-state index in [0.29, 0.717) is 6.54 Å². The molecule has 3 rings (SSSR count). The third-order valence-corrected chi connectivity index (χ3v) is 5.79. The van der Waals surface area contributed by atoms with Crippen LogP contribution in [0.1, 0.15) is 36.1 Å². The van der Waals surface area contributed by atoms with E-state index in [4.69, 9.17) is 9.73 Å². The monoisotopic (exact) mass is 555 g/mol. The van der Waals surface area contributed by atoms with Gasteiger partial charge in [-0.05, 0) is 51.3 Å². The van der Waals surface area contributed by atoms with Crippen LogP contribution < -0.4 is 10.2 Å². The van der Waals surface area contributed by atoms with Gasteiger partial charge < -0.3 is 24.4 Å². The molecule has 1 aromatic carbocycles. The summed E-state index contributed by atoms with van der Waals surface area (Å²) in [4.78, 5) is 9.72. The van der Waals surface area contributed by atoms with Gasteiger partial charge in [-0.3, -0.25) is 0 Å². The molecule has 0 radical (unpaired) electrons. The van der Waals surface area contributed by atoms with Gasteiger partial charge >= 0.3 is 0 Å². The van der Waals surface area contributed by atoms with Crippen molar-refractivity contribution in [1.82, 2.24) is 25.0 Å². The first kappa shape index (κ1) is 26.4. The summed E-state index contributed by atoms with van der Waals surface area (Å²) in [6.45, 7) is 15.0. The largest absolute Gasteiger partial charge is 0.382 e. The minimum absolute atomic E-state index is 0. The fraction of sp³-hybridized carbons (Fsp3) is 0.609. The zero-order valence-electron chi connectivity index (χ0n) is 20.1. The number of hydrogen-bond donors (Lipinski definition) is 1. The van der Waals surface area contributed by atoms with Crippen LogP contribution in [0.5, 0.6) is 0 Å². The second-order valence-electron chi connectivity index (χ2n) is 8.10. The molecule has 0 spiro atoms. The Balaban J connectivity index is 0.00000363. The van der Waals surface area contributed by atoms with Gasteiger partial charge in [-0.25, -0.2) is 4.99 Å². The Morgan fingerprint density at radius 3 is 2.53 bits per heavy atom. The highest BCUT2D eigenvalue weighted by Crippen LogP contribution is 2.22. The molecule has 0 amide bonds. The van der Waals surface area contributed by atoms with Gasteiger partial charge in [-0.15, -0.1) is 34.2 Å². The van der Waals surface area contributed by atoms with Gasteiger partial charge in [0.15, 0.2) is 11.8 Å². The lowest BCUT2D eigenvalue weighted by molar-refractivity contribution is 0.145. The van der Waals surface area contributed by atoms with Crippen molar-refractivity contribution in [2.45, 2.75) is 40.7 Å². The molecule has 0 saturated carbocycles. The number of aryl methyl sites for hydroxylation is 3. The minimum atomic E-state index is 0. The Morgan fingerprint density at radius 2 is 1.88 bits per heavy atom. The Kier molecular flexibility index (Phi) is 10.7. The van der Waals surface area contributed by atoms with Crippen LogP contribution in [0.2, 0.25) is 0 Å². The summed E-state index contributed by atoms with van der Waals surface area (Å²) in [5.74, 6) is 2.72. The van der Waals surface area contributed by atoms with Gasteiger partial charge in [0.1, 0.15) is 12.4 Å². The Labute approximate surface area is 209 Å². The molecule has 178 valence electrons. The predicted octanol–water partition coefficient (Wildman–Crippen LogP) is 3.05. The van der Waals surface area contributed by atoms with Gasteiger partial charge in [0.25, 0.3) is 0 Å². The lowest BCUT2D eigenvalue weighted by Crippen LogP contribution is -2.53. The highest BCUT2D eigenvalue weighted by Gasteiger charge is 2.21. The number of anilines is 1. The summed E-state index contributed by atoms with van der Waals surface area (Å²) in [6.07, 6.45) is 0.957. The molecular weight excluding hydrogens is 517 g/mol. The topological polar surface area (TPSA) is 70.8 Å². The summed E-state index contributed by atoms with van der Waals surface area (Å²) in [5, 5.41) is 11.9. The van der Waals surface area contributed by atoms with E-state index in [-0.39, 0.29) is 24.0 Å². The molecule has 2 heterocycles. The Hall–Kier alpha value is -1.88. The third-order valence-electron chi connectivity index (χ3n) is 5.79. The van der Waals surface area contributed by atoms with Crippen molar-refractivity contribution < 1.29 is 4.74 Å². The van der Waals surface area contributed by atoms with E-state index < -0.39 is 0 Å². The molecule has 9 heteroatoms. The van der Waals surface area contributed by atoms with Crippen LogP contribution in [0.3, 0.4) is 0 Å². The first-order valence-electron chi connectivity index (χ1n) is 11.3. The van der Waals surface area contributed by atoms with E-state index in [1.54, 1.807) is 0 Å². The number of rotatable bonds is 8. The highest BCUT2D eigenvalue weighted by atomic mass is 127. The van der Waals surface area contributed by atoms with Crippen LogP contribution in [-0.2, 0) is 18.3 Å². The molecular formula is C23H38IN7O. The predicted molar refractivity (Wildman–Crippen MR) is 141 cm³/mol. The maximum absolute atomic E-state index is 5.47. The molecule has 0 atom stereocenters. The number of hydrogen-bond acceptors (Lipinski definition) is 5. The Morgan fingerprint density at radius 1 is 1.12 bits per heavy atom. The standard InChI is InChI=1S/C23H37N7O.HI/c1-6-31-15-7-10-24-23(25-17-22-27-26-20(4)28(22)5)30-13-11-29(12-14-30)21-16-18(2)8-9-19(21)3;/h8-9,16H,6-7,10-15,17H2,1-5H3,(H,24,25);1H. The molecule has 1 aromatic heterocycles. The zero-order valence-corrected chi connectivity index (χ0v) is 22.4. The molecule has 1 N–H and O–H groups in total. The van der Waals surface area contributed by atoms with Crippen molar-refractivity contribution in [3.05, 3.63) is 41.0 Å². The van der Waals surface area contributed by atoms with E-state index in [0.717, 1.165) is 70.0 Å². The van der Waals surface area contributed by atoms with Crippen molar-refractivity contribution in [3.63, 3.8) is 0 Å². The molecule has 0 unspecified atom stereocenters. The van der Waals surface area contributed by atoms with Gasteiger partial charge in [0.2, 0.25) is 0 Å². The molecule has 1 fully saturated rings. The van der Waals surface area contributed by atoms with Crippen molar-refractivity contribution in [3.8, 4) is 0 Å². The van der Waals surface area contributed by atoms with Crippen molar-refractivity contribution >= 4 is 35.6 Å². The number of benzene rings is 1. The maximum Gasteiger partial charge on any atom is 0.194 e. The quantitative estimate of drug-likeness (QED) is 0.234. The van der Waals surface area contributed by atoms with Crippen LogP contribution in [-0.4, -0.2) is 71.6 Å². The molecule has 8 nitrogen and oxygen atoms in total. The van der Waals surface area contributed by atoms with Crippen molar-refractivity contribution in [1.29, 1.82) is 0 Å². The fourth-order valence-electron chi connectivity index (χ4n) is 3.74. The summed E-state index contributed by atoms with van der Waals surface area (Å²) in [7, 11) is 1.98. The lowest BCUT2D eigenvalue weighted by Gasteiger charge is -2.38. The van der Waals surface area contributed by atoms with Crippen LogP contribution in [0.15, 0.2) is 23.2 Å². The molecule has 32 heavy (non-hydrogen) atoms. The maximum atomic E-state index is 5.47. The highest BCUT2D eigenvalue weighted by molar-refractivity contribution is 14.0. The average Bonchev–Trinajstić information content (AvgIpc) is 3.10. The summed E-state index contributed by atoms with van der Waals surface area (Å²) < 4.78 is 7.47. The van der Waals surface area contributed by atoms with Crippen LogP contribution in [0, 0.1) is 20.8 Å². The molecule has 1 aliphatic heterocycles. The molecule has 0 aliphatic carbocycles. The summed E-state index contributed by atoms with van der Waals surface area (Å²) in [6, 6.07) is 6.69. The van der Waals surface area contributed by atoms with E-state index in [1.165, 1.54) is 16.8 Å². The van der Waals surface area contributed by atoms with E-state index in [9.17, 15) is 0 Å². The average molecular weight is 556 g/mol. The number of guanidine groups is 1. The zero-order chi connectivity index (χ0) is 22.2. The number of halogens is 1. The lowest BCUT2D eigenvalue weighted by atomic mass is 10.1. The van der Waals surface area contributed by atoms with Crippen LogP contribution in [0.25, 0.3) is 0 Å². The number of aliphatic imine (C=N–C) groups is 1.